The fourth-order valence-electron chi connectivity index (χ4n) is 2.25. The molecular weight excluding hydrogens is 202 g/mol. The van der Waals surface area contributed by atoms with Gasteiger partial charge in [0.2, 0.25) is 0 Å². The first-order valence-electron chi connectivity index (χ1n) is 5.73. The number of likely N-dealkylation sites (tertiary alicyclic amines) is 1. The van der Waals surface area contributed by atoms with Crippen molar-refractivity contribution in [2.75, 3.05) is 26.2 Å². The van der Waals surface area contributed by atoms with Gasteiger partial charge in [0.25, 0.3) is 0 Å². The monoisotopic (exact) mass is 221 g/mol. The van der Waals surface area contributed by atoms with Gasteiger partial charge in [-0.15, -0.1) is 0 Å². The summed E-state index contributed by atoms with van der Waals surface area (Å²) < 4.78 is 0. The van der Waals surface area contributed by atoms with Crippen LogP contribution in [0.3, 0.4) is 0 Å². The first-order chi connectivity index (χ1) is 7.62. The van der Waals surface area contributed by atoms with E-state index in [-0.39, 0.29) is 6.61 Å². The maximum Gasteiger partial charge on any atom is 0.0994 e. The number of β-amino-alcohol motifs (C(OH)–C–C–N with tert-alkyl or cyclic N) is 1. The maximum atomic E-state index is 10.4. The Bertz CT molecular complexity index is 331. The third-order valence-corrected chi connectivity index (χ3v) is 3.22. The number of aliphatic hydroxyl groups excluding tert-OH is 1. The Hall–Kier alpha value is -0.900. The lowest BCUT2D eigenvalue weighted by Crippen LogP contribution is -2.53. The van der Waals surface area contributed by atoms with Gasteiger partial charge < -0.3 is 10.2 Å². The fourth-order valence-corrected chi connectivity index (χ4v) is 2.25. The van der Waals surface area contributed by atoms with Gasteiger partial charge in [-0.2, -0.15) is 0 Å². The minimum atomic E-state index is -0.804. The molecule has 1 aromatic rings. The summed E-state index contributed by atoms with van der Waals surface area (Å²) in [4.78, 5) is 2.17. The highest BCUT2D eigenvalue weighted by atomic mass is 16.3. The van der Waals surface area contributed by atoms with Gasteiger partial charge in [-0.25, -0.2) is 0 Å². The number of nitrogens with zero attached hydrogens (tertiary/aromatic N) is 1. The molecule has 3 nitrogen and oxygen atoms in total. The van der Waals surface area contributed by atoms with E-state index in [0.717, 1.165) is 18.7 Å². The van der Waals surface area contributed by atoms with Crippen molar-refractivity contribution < 1.29 is 10.2 Å². The number of benzene rings is 1. The highest BCUT2D eigenvalue weighted by molar-refractivity contribution is 5.22. The number of aliphatic hydroxyl groups is 2. The molecule has 16 heavy (non-hydrogen) atoms. The molecule has 88 valence electrons. The van der Waals surface area contributed by atoms with Crippen LogP contribution in [0.2, 0.25) is 0 Å². The molecule has 0 radical (unpaired) electrons. The number of hydrogen-bond donors (Lipinski definition) is 2. The second kappa shape index (κ2) is 4.53. The smallest absolute Gasteiger partial charge is 0.0994 e. The summed E-state index contributed by atoms with van der Waals surface area (Å²) in [6, 6.07) is 9.73. The Morgan fingerprint density at radius 1 is 1.31 bits per heavy atom. The van der Waals surface area contributed by atoms with E-state index >= 15 is 0 Å². The lowest BCUT2D eigenvalue weighted by atomic mass is 9.92. The van der Waals surface area contributed by atoms with E-state index in [1.54, 1.807) is 0 Å². The van der Waals surface area contributed by atoms with Crippen LogP contribution in [0.15, 0.2) is 30.3 Å². The van der Waals surface area contributed by atoms with Crippen LogP contribution in [0.25, 0.3) is 0 Å². The van der Waals surface area contributed by atoms with Crippen molar-refractivity contribution in [1.82, 2.24) is 4.90 Å². The van der Waals surface area contributed by atoms with Crippen molar-refractivity contribution in [3.63, 3.8) is 0 Å². The molecule has 1 aliphatic rings. The fraction of sp³-hybridized carbons (Fsp3) is 0.538. The quantitative estimate of drug-likeness (QED) is 0.791. The Morgan fingerprint density at radius 3 is 2.50 bits per heavy atom. The molecule has 1 aromatic carbocycles. The van der Waals surface area contributed by atoms with Crippen molar-refractivity contribution >= 4 is 0 Å². The van der Waals surface area contributed by atoms with Crippen LogP contribution in [0, 0.1) is 5.92 Å². The zero-order chi connectivity index (χ0) is 11.6. The van der Waals surface area contributed by atoms with Crippen LogP contribution in [-0.4, -0.2) is 41.4 Å². The third kappa shape index (κ3) is 2.43. The molecule has 2 rings (SSSR count). The van der Waals surface area contributed by atoms with Crippen LogP contribution >= 0.6 is 0 Å². The minimum Gasteiger partial charge on any atom is -0.396 e. The molecule has 0 aliphatic carbocycles. The van der Waals surface area contributed by atoms with E-state index < -0.39 is 5.60 Å². The third-order valence-electron chi connectivity index (χ3n) is 3.22. The van der Waals surface area contributed by atoms with E-state index in [4.69, 9.17) is 5.11 Å². The molecule has 0 saturated carbocycles. The Labute approximate surface area is 96.3 Å². The standard InChI is InChI=1S/C13H19NO2/c1-13(16,12-5-3-2-4-6-12)10-14-7-11(8-14)9-15/h2-6,11,15-16H,7-10H2,1H3. The average Bonchev–Trinajstić information content (AvgIpc) is 2.24. The van der Waals surface area contributed by atoms with E-state index in [1.807, 2.05) is 37.3 Å². The summed E-state index contributed by atoms with van der Waals surface area (Å²) in [7, 11) is 0. The lowest BCUT2D eigenvalue weighted by Gasteiger charge is -2.42. The Balaban J connectivity index is 1.94. The molecule has 1 atom stereocenters. The molecule has 0 spiro atoms. The van der Waals surface area contributed by atoms with Gasteiger partial charge in [-0.3, -0.25) is 4.90 Å². The van der Waals surface area contributed by atoms with Crippen molar-refractivity contribution in [1.29, 1.82) is 0 Å². The summed E-state index contributed by atoms with van der Waals surface area (Å²) in [6.45, 7) is 4.51. The van der Waals surface area contributed by atoms with Crippen LogP contribution in [0.1, 0.15) is 12.5 Å². The largest absolute Gasteiger partial charge is 0.396 e. The average molecular weight is 221 g/mol. The summed E-state index contributed by atoms with van der Waals surface area (Å²) in [6.07, 6.45) is 0. The molecule has 0 amide bonds. The van der Waals surface area contributed by atoms with Crippen LogP contribution in [0.5, 0.6) is 0 Å². The maximum absolute atomic E-state index is 10.4. The van der Waals surface area contributed by atoms with E-state index in [1.165, 1.54) is 0 Å². The lowest BCUT2D eigenvalue weighted by molar-refractivity contribution is -0.0338. The minimum absolute atomic E-state index is 0.254. The predicted octanol–water partition coefficient (Wildman–Crippen LogP) is 0.818. The molecule has 3 heteroatoms. The van der Waals surface area contributed by atoms with Crippen LogP contribution in [0.4, 0.5) is 0 Å². The van der Waals surface area contributed by atoms with Gasteiger partial charge in [0.1, 0.15) is 0 Å². The van der Waals surface area contributed by atoms with Crippen molar-refractivity contribution in [3.8, 4) is 0 Å². The van der Waals surface area contributed by atoms with Gasteiger partial charge >= 0.3 is 0 Å². The second-order valence-corrected chi connectivity index (χ2v) is 4.88. The van der Waals surface area contributed by atoms with Crippen molar-refractivity contribution in [2.45, 2.75) is 12.5 Å². The molecule has 1 unspecified atom stereocenters. The zero-order valence-corrected chi connectivity index (χ0v) is 9.63. The zero-order valence-electron chi connectivity index (χ0n) is 9.63. The summed E-state index contributed by atoms with van der Waals surface area (Å²) in [5.74, 6) is 0.395. The van der Waals surface area contributed by atoms with Crippen LogP contribution < -0.4 is 0 Å². The molecule has 1 aliphatic heterocycles. The molecule has 2 N–H and O–H groups in total. The summed E-state index contributed by atoms with van der Waals surface area (Å²) in [5, 5.41) is 19.3. The van der Waals surface area contributed by atoms with Gasteiger partial charge in [0.05, 0.1) is 5.60 Å². The Kier molecular flexibility index (Phi) is 3.28. The van der Waals surface area contributed by atoms with Crippen molar-refractivity contribution in [2.24, 2.45) is 5.92 Å². The first-order valence-corrected chi connectivity index (χ1v) is 5.73. The highest BCUT2D eigenvalue weighted by Gasteiger charge is 2.32. The molecule has 0 aromatic heterocycles. The SMILES string of the molecule is CC(O)(CN1CC(CO)C1)c1ccccc1. The van der Waals surface area contributed by atoms with Gasteiger partial charge in [0.15, 0.2) is 0 Å². The summed E-state index contributed by atoms with van der Waals surface area (Å²) in [5.41, 5.74) is 0.143. The van der Waals surface area contributed by atoms with E-state index in [2.05, 4.69) is 4.90 Å². The second-order valence-electron chi connectivity index (χ2n) is 4.88. The van der Waals surface area contributed by atoms with E-state index in [0.29, 0.717) is 12.5 Å². The normalized spacial score (nSPS) is 21.4. The van der Waals surface area contributed by atoms with Gasteiger partial charge in [0, 0.05) is 32.2 Å². The first kappa shape index (κ1) is 11.6. The van der Waals surface area contributed by atoms with Gasteiger partial charge in [-0.1, -0.05) is 30.3 Å². The van der Waals surface area contributed by atoms with Crippen LogP contribution in [-0.2, 0) is 5.60 Å². The van der Waals surface area contributed by atoms with E-state index in [9.17, 15) is 5.11 Å². The highest BCUT2D eigenvalue weighted by Crippen LogP contribution is 2.25. The number of hydrogen-bond acceptors (Lipinski definition) is 3. The molecule has 0 bridgehead atoms. The topological polar surface area (TPSA) is 43.7 Å². The predicted molar refractivity (Wildman–Crippen MR) is 63.0 cm³/mol. The molecule has 1 fully saturated rings. The summed E-state index contributed by atoms with van der Waals surface area (Å²) >= 11 is 0. The number of rotatable bonds is 4. The molecular formula is C13H19NO2. The van der Waals surface area contributed by atoms with Gasteiger partial charge in [-0.05, 0) is 12.5 Å². The Morgan fingerprint density at radius 2 is 1.94 bits per heavy atom. The molecule has 1 heterocycles. The van der Waals surface area contributed by atoms with Crippen molar-refractivity contribution in [3.05, 3.63) is 35.9 Å². The molecule has 1 saturated heterocycles.